The summed E-state index contributed by atoms with van der Waals surface area (Å²) in [5, 5.41) is 0.468. The van der Waals surface area contributed by atoms with Crippen LogP contribution in [0.25, 0.3) is 11.1 Å². The molecule has 3 rings (SSSR count). The van der Waals surface area contributed by atoms with E-state index < -0.39 is 0 Å². The van der Waals surface area contributed by atoms with Gasteiger partial charge in [-0.2, -0.15) is 0 Å². The van der Waals surface area contributed by atoms with Gasteiger partial charge in [0.2, 0.25) is 0 Å². The molecule has 1 aliphatic heterocycles. The summed E-state index contributed by atoms with van der Waals surface area (Å²) in [5.41, 5.74) is 6.91. The van der Waals surface area contributed by atoms with Gasteiger partial charge in [0.05, 0.1) is 12.2 Å². The highest BCUT2D eigenvalue weighted by molar-refractivity contribution is 7.99. The number of fused-ring (bicyclic) bond motifs is 3. The van der Waals surface area contributed by atoms with Crippen molar-refractivity contribution in [3.8, 4) is 11.1 Å². The summed E-state index contributed by atoms with van der Waals surface area (Å²) in [5.74, 6) is 0. The predicted molar refractivity (Wildman–Crippen MR) is 109 cm³/mol. The summed E-state index contributed by atoms with van der Waals surface area (Å²) in [6, 6.07) is 17.6. The number of allylic oxidation sites excluding steroid dienone is 1. The van der Waals surface area contributed by atoms with E-state index >= 15 is 0 Å². The maximum Gasteiger partial charge on any atom is 0.0683 e. The van der Waals surface area contributed by atoms with E-state index in [1.54, 1.807) is 0 Å². The Kier molecular flexibility index (Phi) is 5.41. The van der Waals surface area contributed by atoms with Crippen LogP contribution in [0.2, 0.25) is 0 Å². The topological polar surface area (TPSA) is 9.23 Å². The Morgan fingerprint density at radius 3 is 2.28 bits per heavy atom. The number of rotatable bonds is 4. The lowest BCUT2D eigenvalue weighted by Gasteiger charge is -2.28. The number of ether oxygens (including phenoxy) is 1. The summed E-state index contributed by atoms with van der Waals surface area (Å²) in [7, 11) is 0. The number of hydrogen-bond donors (Lipinski definition) is 0. The fraction of sp³-hybridized carbons (Fsp3) is 0.391. The molecule has 0 radical (unpaired) electrons. The summed E-state index contributed by atoms with van der Waals surface area (Å²) in [4.78, 5) is 1.39. The van der Waals surface area contributed by atoms with Crippen molar-refractivity contribution < 1.29 is 4.74 Å². The molecule has 2 heteroatoms. The lowest BCUT2D eigenvalue weighted by Crippen LogP contribution is -2.20. The average molecular weight is 353 g/mol. The van der Waals surface area contributed by atoms with Crippen molar-refractivity contribution in [1.29, 1.82) is 0 Å². The first-order valence-corrected chi connectivity index (χ1v) is 9.87. The first kappa shape index (κ1) is 18.3. The van der Waals surface area contributed by atoms with Gasteiger partial charge in [-0.25, -0.2) is 0 Å². The van der Waals surface area contributed by atoms with Gasteiger partial charge in [0.25, 0.3) is 0 Å². The van der Waals surface area contributed by atoms with Crippen LogP contribution in [-0.2, 0) is 4.74 Å². The Morgan fingerprint density at radius 2 is 1.56 bits per heavy atom. The molecule has 1 atom stereocenters. The van der Waals surface area contributed by atoms with Crippen LogP contribution in [0.1, 0.15) is 51.9 Å². The van der Waals surface area contributed by atoms with E-state index in [0.29, 0.717) is 11.9 Å². The highest BCUT2D eigenvalue weighted by Crippen LogP contribution is 2.51. The quantitative estimate of drug-likeness (QED) is 0.546. The van der Waals surface area contributed by atoms with Gasteiger partial charge in [0.15, 0.2) is 0 Å². The largest absolute Gasteiger partial charge is 0.372 e. The van der Waals surface area contributed by atoms with Gasteiger partial charge in [-0.3, -0.25) is 0 Å². The van der Waals surface area contributed by atoms with Crippen molar-refractivity contribution in [2.24, 2.45) is 0 Å². The smallest absolute Gasteiger partial charge is 0.0683 e. The molecule has 0 fully saturated rings. The standard InChI is InChI=1S/C23H28OS/c1-16(17(2)15-24-23(3,4)5)14-22-20-12-7-6-10-18(20)19-11-8-9-13-21(19)25-22/h6-13,22H,14-15H2,1-5H3/b17-16-. The van der Waals surface area contributed by atoms with E-state index in [9.17, 15) is 0 Å². The molecule has 0 saturated carbocycles. The normalized spacial score (nSPS) is 17.6. The molecule has 1 aliphatic rings. The molecule has 2 aromatic rings. The first-order chi connectivity index (χ1) is 11.8. The van der Waals surface area contributed by atoms with E-state index in [4.69, 9.17) is 4.74 Å². The zero-order valence-electron chi connectivity index (χ0n) is 15.9. The fourth-order valence-corrected chi connectivity index (χ4v) is 4.52. The van der Waals surface area contributed by atoms with E-state index in [1.165, 1.54) is 32.7 Å². The van der Waals surface area contributed by atoms with Gasteiger partial charge in [0.1, 0.15) is 0 Å². The number of hydrogen-bond acceptors (Lipinski definition) is 2. The molecule has 0 amide bonds. The number of benzene rings is 2. The third kappa shape index (κ3) is 4.37. The minimum Gasteiger partial charge on any atom is -0.372 e. The molecule has 2 aromatic carbocycles. The zero-order valence-corrected chi connectivity index (χ0v) is 16.7. The van der Waals surface area contributed by atoms with Crippen molar-refractivity contribution >= 4 is 11.8 Å². The molecule has 0 aromatic heterocycles. The molecule has 25 heavy (non-hydrogen) atoms. The minimum absolute atomic E-state index is 0.0906. The van der Waals surface area contributed by atoms with Gasteiger partial charge in [-0.15, -0.1) is 11.8 Å². The molecule has 0 aliphatic carbocycles. The second kappa shape index (κ2) is 7.39. The summed E-state index contributed by atoms with van der Waals surface area (Å²) in [6.45, 7) is 11.5. The second-order valence-electron chi connectivity index (χ2n) is 7.86. The van der Waals surface area contributed by atoms with E-state index in [0.717, 1.165) is 6.42 Å². The van der Waals surface area contributed by atoms with Gasteiger partial charge >= 0.3 is 0 Å². The Balaban J connectivity index is 1.84. The lowest BCUT2D eigenvalue weighted by atomic mass is 9.93. The van der Waals surface area contributed by atoms with E-state index in [2.05, 4.69) is 83.1 Å². The summed E-state index contributed by atoms with van der Waals surface area (Å²) >= 11 is 1.99. The maximum atomic E-state index is 5.96. The monoisotopic (exact) mass is 352 g/mol. The Labute approximate surface area is 156 Å². The van der Waals surface area contributed by atoms with Gasteiger partial charge in [0, 0.05) is 10.1 Å². The van der Waals surface area contributed by atoms with Crippen molar-refractivity contribution in [2.45, 2.75) is 56.8 Å². The van der Waals surface area contributed by atoms with Crippen LogP contribution < -0.4 is 0 Å². The molecular weight excluding hydrogens is 324 g/mol. The zero-order chi connectivity index (χ0) is 18.0. The van der Waals surface area contributed by atoms with Gasteiger partial charge in [-0.1, -0.05) is 48.0 Å². The molecule has 132 valence electrons. The van der Waals surface area contributed by atoms with Crippen LogP contribution in [0.3, 0.4) is 0 Å². The Hall–Kier alpha value is -1.51. The Bertz CT molecular complexity index is 783. The molecule has 1 heterocycles. The minimum atomic E-state index is -0.0906. The SMILES string of the molecule is C/C(COC(C)(C)C)=C(\C)CC1Sc2ccccc2-c2ccccc21. The van der Waals surface area contributed by atoms with Gasteiger partial charge in [-0.05, 0) is 69.4 Å². The molecule has 0 spiro atoms. The predicted octanol–water partition coefficient (Wildman–Crippen LogP) is 7.04. The molecule has 0 N–H and O–H groups in total. The molecule has 0 bridgehead atoms. The van der Waals surface area contributed by atoms with Gasteiger partial charge < -0.3 is 4.74 Å². The van der Waals surface area contributed by atoms with Crippen LogP contribution in [0, 0.1) is 0 Å². The van der Waals surface area contributed by atoms with Crippen molar-refractivity contribution in [1.82, 2.24) is 0 Å². The summed E-state index contributed by atoms with van der Waals surface area (Å²) < 4.78 is 5.96. The molecule has 1 unspecified atom stereocenters. The number of thioether (sulfide) groups is 1. The highest BCUT2D eigenvalue weighted by Gasteiger charge is 2.25. The molecular formula is C23H28OS. The van der Waals surface area contributed by atoms with Crippen LogP contribution in [0.5, 0.6) is 0 Å². The van der Waals surface area contributed by atoms with Crippen molar-refractivity contribution in [3.05, 3.63) is 65.2 Å². The van der Waals surface area contributed by atoms with Crippen LogP contribution in [0.4, 0.5) is 0 Å². The van der Waals surface area contributed by atoms with Crippen LogP contribution in [0.15, 0.2) is 64.6 Å². The maximum absolute atomic E-state index is 5.96. The van der Waals surface area contributed by atoms with Crippen molar-refractivity contribution in [3.63, 3.8) is 0 Å². The fourth-order valence-electron chi connectivity index (χ4n) is 3.08. The third-order valence-electron chi connectivity index (χ3n) is 4.70. The lowest BCUT2D eigenvalue weighted by molar-refractivity contribution is 0.0108. The van der Waals surface area contributed by atoms with Crippen LogP contribution >= 0.6 is 11.8 Å². The van der Waals surface area contributed by atoms with E-state index in [1.807, 2.05) is 11.8 Å². The third-order valence-corrected chi connectivity index (χ3v) is 6.01. The molecule has 1 nitrogen and oxygen atoms in total. The summed E-state index contributed by atoms with van der Waals surface area (Å²) in [6.07, 6.45) is 1.06. The Morgan fingerprint density at radius 1 is 0.920 bits per heavy atom. The molecule has 0 saturated heterocycles. The highest BCUT2D eigenvalue weighted by atomic mass is 32.2. The van der Waals surface area contributed by atoms with Crippen molar-refractivity contribution in [2.75, 3.05) is 6.61 Å². The second-order valence-corrected chi connectivity index (χ2v) is 9.10. The van der Waals surface area contributed by atoms with Crippen LogP contribution in [-0.4, -0.2) is 12.2 Å². The first-order valence-electron chi connectivity index (χ1n) is 8.99. The average Bonchev–Trinajstić information content (AvgIpc) is 2.59. The van der Waals surface area contributed by atoms with E-state index in [-0.39, 0.29) is 5.60 Å².